The number of nitrogens with zero attached hydrogens (tertiary/aromatic N) is 3. The van der Waals surface area contributed by atoms with Crippen molar-refractivity contribution in [1.82, 2.24) is 14.8 Å². The number of pyridine rings is 1. The number of carbonyl (C=O) groups is 2. The number of anilines is 1. The summed E-state index contributed by atoms with van der Waals surface area (Å²) in [7, 11) is 2.05. The van der Waals surface area contributed by atoms with Crippen LogP contribution in [0.2, 0.25) is 0 Å². The van der Waals surface area contributed by atoms with Crippen molar-refractivity contribution in [2.45, 2.75) is 32.0 Å². The predicted octanol–water partition coefficient (Wildman–Crippen LogP) is 0.975. The van der Waals surface area contributed by atoms with Gasteiger partial charge >= 0.3 is 0 Å². The Morgan fingerprint density at radius 2 is 2.00 bits per heavy atom. The van der Waals surface area contributed by atoms with E-state index in [2.05, 4.69) is 15.2 Å². The van der Waals surface area contributed by atoms with E-state index in [0.29, 0.717) is 30.9 Å². The fraction of sp³-hybridized carbons (Fsp3) is 0.588. The van der Waals surface area contributed by atoms with Crippen molar-refractivity contribution < 1.29 is 14.3 Å². The summed E-state index contributed by atoms with van der Waals surface area (Å²) in [5.41, 5.74) is 0.547. The highest BCUT2D eigenvalue weighted by molar-refractivity contribution is 5.97. The third-order valence-electron chi connectivity index (χ3n) is 4.57. The molecule has 7 heteroatoms. The molecule has 0 bridgehead atoms. The number of piperazine rings is 1. The van der Waals surface area contributed by atoms with Gasteiger partial charge in [-0.05, 0) is 38.9 Å². The highest BCUT2D eigenvalue weighted by Gasteiger charge is 2.28. The summed E-state index contributed by atoms with van der Waals surface area (Å²) in [5.74, 6) is 0.172. The first-order valence-electron chi connectivity index (χ1n) is 8.43. The lowest BCUT2D eigenvalue weighted by Crippen LogP contribution is -2.47. The van der Waals surface area contributed by atoms with Crippen molar-refractivity contribution in [3.8, 4) is 0 Å². The quantitative estimate of drug-likeness (QED) is 0.893. The molecular formula is C17H24N4O3. The summed E-state index contributed by atoms with van der Waals surface area (Å²) in [6.07, 6.45) is 2.83. The summed E-state index contributed by atoms with van der Waals surface area (Å²) in [5, 5.41) is 2.76. The topological polar surface area (TPSA) is 74.8 Å². The fourth-order valence-corrected chi connectivity index (χ4v) is 3.03. The van der Waals surface area contributed by atoms with Gasteiger partial charge in [0.05, 0.1) is 6.10 Å². The normalized spacial score (nSPS) is 24.8. The second kappa shape index (κ2) is 7.27. The van der Waals surface area contributed by atoms with E-state index in [0.717, 1.165) is 19.5 Å². The van der Waals surface area contributed by atoms with Crippen LogP contribution in [0.25, 0.3) is 0 Å². The molecule has 0 aromatic carbocycles. The molecule has 2 saturated heterocycles. The SMILES string of the molecule is CC1CCC(C(=O)Nc2cc(C(=O)N3CCN(C)CC3)ccn2)O1. The number of ether oxygens (including phenoxy) is 1. The molecular weight excluding hydrogens is 308 g/mol. The lowest BCUT2D eigenvalue weighted by atomic mass is 10.2. The predicted molar refractivity (Wildman–Crippen MR) is 89.8 cm³/mol. The van der Waals surface area contributed by atoms with Crippen LogP contribution < -0.4 is 5.32 Å². The second-order valence-corrected chi connectivity index (χ2v) is 6.53. The zero-order valence-corrected chi connectivity index (χ0v) is 14.2. The van der Waals surface area contributed by atoms with Gasteiger partial charge in [0, 0.05) is 37.9 Å². The molecule has 0 radical (unpaired) electrons. The molecule has 2 amide bonds. The zero-order chi connectivity index (χ0) is 17.1. The van der Waals surface area contributed by atoms with Crippen molar-refractivity contribution in [3.05, 3.63) is 23.9 Å². The van der Waals surface area contributed by atoms with Gasteiger partial charge in [-0.25, -0.2) is 4.98 Å². The molecule has 24 heavy (non-hydrogen) atoms. The monoisotopic (exact) mass is 332 g/mol. The number of aromatic nitrogens is 1. The standard InChI is InChI=1S/C17H24N4O3/c1-12-3-4-14(24-12)16(22)19-15-11-13(5-6-18-15)17(23)21-9-7-20(2)8-10-21/h5-6,11-12,14H,3-4,7-10H2,1-2H3,(H,18,19,22). The van der Waals surface area contributed by atoms with Gasteiger partial charge in [-0.3, -0.25) is 9.59 Å². The maximum absolute atomic E-state index is 12.6. The minimum absolute atomic E-state index is 0.0215. The minimum Gasteiger partial charge on any atom is -0.365 e. The highest BCUT2D eigenvalue weighted by atomic mass is 16.5. The van der Waals surface area contributed by atoms with E-state index in [1.165, 1.54) is 0 Å². The van der Waals surface area contributed by atoms with Gasteiger partial charge in [0.15, 0.2) is 0 Å². The first kappa shape index (κ1) is 16.9. The van der Waals surface area contributed by atoms with Crippen molar-refractivity contribution >= 4 is 17.6 Å². The lowest BCUT2D eigenvalue weighted by Gasteiger charge is -2.32. The number of carbonyl (C=O) groups excluding carboxylic acids is 2. The first-order valence-corrected chi connectivity index (χ1v) is 8.43. The lowest BCUT2D eigenvalue weighted by molar-refractivity contribution is -0.126. The van der Waals surface area contributed by atoms with E-state index in [1.807, 2.05) is 18.9 Å². The number of hydrogen-bond acceptors (Lipinski definition) is 5. The average molecular weight is 332 g/mol. The molecule has 2 atom stereocenters. The van der Waals surface area contributed by atoms with Crippen molar-refractivity contribution in [3.63, 3.8) is 0 Å². The van der Waals surface area contributed by atoms with Crippen molar-refractivity contribution in [2.75, 3.05) is 38.5 Å². The van der Waals surface area contributed by atoms with E-state index in [-0.39, 0.29) is 17.9 Å². The summed E-state index contributed by atoms with van der Waals surface area (Å²) < 4.78 is 5.56. The van der Waals surface area contributed by atoms with Crippen LogP contribution in [0.4, 0.5) is 5.82 Å². The Hall–Kier alpha value is -1.99. The second-order valence-electron chi connectivity index (χ2n) is 6.53. The van der Waals surface area contributed by atoms with Gasteiger partial charge in [0.1, 0.15) is 11.9 Å². The third-order valence-corrected chi connectivity index (χ3v) is 4.57. The molecule has 2 aliphatic rings. The smallest absolute Gasteiger partial charge is 0.254 e. The Labute approximate surface area is 142 Å². The maximum Gasteiger partial charge on any atom is 0.254 e. The first-order chi connectivity index (χ1) is 11.5. The molecule has 1 aromatic rings. The minimum atomic E-state index is -0.432. The number of amides is 2. The summed E-state index contributed by atoms with van der Waals surface area (Å²) in [4.78, 5) is 33.0. The number of hydrogen-bond donors (Lipinski definition) is 1. The van der Waals surface area contributed by atoms with Crippen molar-refractivity contribution in [2.24, 2.45) is 0 Å². The van der Waals surface area contributed by atoms with Crippen LogP contribution in [0.5, 0.6) is 0 Å². The van der Waals surface area contributed by atoms with Gasteiger partial charge in [-0.2, -0.15) is 0 Å². The zero-order valence-electron chi connectivity index (χ0n) is 14.2. The van der Waals surface area contributed by atoms with Crippen LogP contribution in [0.15, 0.2) is 18.3 Å². The Morgan fingerprint density at radius 1 is 1.25 bits per heavy atom. The average Bonchev–Trinajstić information content (AvgIpc) is 3.02. The van der Waals surface area contributed by atoms with Gasteiger partial charge in [-0.15, -0.1) is 0 Å². The van der Waals surface area contributed by atoms with E-state index < -0.39 is 6.10 Å². The molecule has 0 saturated carbocycles. The third kappa shape index (κ3) is 3.91. The van der Waals surface area contributed by atoms with Gasteiger partial charge in [0.25, 0.3) is 11.8 Å². The summed E-state index contributed by atoms with van der Waals surface area (Å²) in [6.45, 7) is 5.14. The molecule has 3 rings (SSSR count). The highest BCUT2D eigenvalue weighted by Crippen LogP contribution is 2.20. The molecule has 2 unspecified atom stereocenters. The van der Waals surface area contributed by atoms with Crippen LogP contribution in [-0.2, 0) is 9.53 Å². The molecule has 0 aliphatic carbocycles. The van der Waals surface area contributed by atoms with E-state index >= 15 is 0 Å². The number of nitrogens with one attached hydrogen (secondary N) is 1. The molecule has 2 fully saturated rings. The summed E-state index contributed by atoms with van der Waals surface area (Å²) >= 11 is 0. The molecule has 3 heterocycles. The van der Waals surface area contributed by atoms with Crippen LogP contribution in [-0.4, -0.2) is 72.0 Å². The molecule has 1 aromatic heterocycles. The molecule has 2 aliphatic heterocycles. The Morgan fingerprint density at radius 3 is 2.67 bits per heavy atom. The molecule has 130 valence electrons. The maximum atomic E-state index is 12.6. The molecule has 1 N–H and O–H groups in total. The fourth-order valence-electron chi connectivity index (χ4n) is 3.03. The van der Waals surface area contributed by atoms with Crippen LogP contribution >= 0.6 is 0 Å². The Bertz CT molecular complexity index is 614. The van der Waals surface area contributed by atoms with Gasteiger partial charge in [0.2, 0.25) is 0 Å². The van der Waals surface area contributed by atoms with Crippen LogP contribution in [0, 0.1) is 0 Å². The largest absolute Gasteiger partial charge is 0.365 e. The molecule has 0 spiro atoms. The number of rotatable bonds is 3. The van der Waals surface area contributed by atoms with Gasteiger partial charge in [-0.1, -0.05) is 0 Å². The van der Waals surface area contributed by atoms with E-state index in [1.54, 1.807) is 18.3 Å². The van der Waals surface area contributed by atoms with Crippen LogP contribution in [0.3, 0.4) is 0 Å². The Kier molecular flexibility index (Phi) is 5.11. The van der Waals surface area contributed by atoms with Crippen LogP contribution in [0.1, 0.15) is 30.1 Å². The van der Waals surface area contributed by atoms with Crippen molar-refractivity contribution in [1.29, 1.82) is 0 Å². The van der Waals surface area contributed by atoms with Gasteiger partial charge < -0.3 is 19.9 Å². The molecule has 7 nitrogen and oxygen atoms in total. The Balaban J connectivity index is 1.63. The summed E-state index contributed by atoms with van der Waals surface area (Å²) in [6, 6.07) is 3.32. The number of likely N-dealkylation sites (N-methyl/N-ethyl adjacent to an activating group) is 1. The van der Waals surface area contributed by atoms with E-state index in [9.17, 15) is 9.59 Å². The van der Waals surface area contributed by atoms with E-state index in [4.69, 9.17) is 4.74 Å².